The van der Waals surface area contributed by atoms with Crippen LogP contribution in [0.25, 0.3) is 0 Å². The smallest absolute Gasteiger partial charge is 0.258 e. The van der Waals surface area contributed by atoms with Crippen molar-refractivity contribution in [1.29, 1.82) is 0 Å². The first kappa shape index (κ1) is 10.8. The van der Waals surface area contributed by atoms with Gasteiger partial charge in [0.25, 0.3) is 5.69 Å². The fourth-order valence-electron chi connectivity index (χ4n) is 0.839. The van der Waals surface area contributed by atoms with Crippen molar-refractivity contribution < 1.29 is 14.2 Å². The molecule has 1 aromatic carbocycles. The molecule has 8 heteroatoms. The van der Waals surface area contributed by atoms with Gasteiger partial charge in [0.1, 0.15) is 0 Å². The zero-order chi connectivity index (χ0) is 10.9. The maximum atomic E-state index is 12.9. The third kappa shape index (κ3) is 1.78. The first-order valence-electron chi connectivity index (χ1n) is 3.22. The molecule has 0 atom stereocenters. The highest BCUT2D eigenvalue weighted by Crippen LogP contribution is 2.31. The lowest BCUT2D eigenvalue weighted by Gasteiger charge is -1.97. The molecule has 14 heavy (non-hydrogen) atoms. The minimum Gasteiger partial charge on any atom is -0.258 e. The van der Waals surface area contributed by atoms with E-state index in [0.717, 1.165) is 6.07 Å². The molecule has 0 aliphatic carbocycles. The van der Waals surface area contributed by atoms with Crippen LogP contribution in [0.4, 0.5) is 15.8 Å². The summed E-state index contributed by atoms with van der Waals surface area (Å²) in [4.78, 5) is 18.9. The Balaban J connectivity index is 3.49. The van der Waals surface area contributed by atoms with Crippen LogP contribution in [0.3, 0.4) is 0 Å². The van der Waals surface area contributed by atoms with Gasteiger partial charge in [0.2, 0.25) is 5.82 Å². The van der Waals surface area contributed by atoms with Gasteiger partial charge in [-0.3, -0.25) is 20.2 Å². The Hall–Kier alpha value is -1.32. The Labute approximate surface area is 90.2 Å². The summed E-state index contributed by atoms with van der Waals surface area (Å²) in [6, 6.07) is 1.60. The molecule has 1 rings (SSSR count). The van der Waals surface area contributed by atoms with Crippen LogP contribution in [0.1, 0.15) is 0 Å². The molecule has 0 saturated heterocycles. The predicted octanol–water partition coefficient (Wildman–Crippen LogP) is 2.25. The van der Waals surface area contributed by atoms with Crippen LogP contribution in [0.15, 0.2) is 12.1 Å². The lowest BCUT2D eigenvalue weighted by atomic mass is 10.3. The number of halogens is 2. The molecule has 0 aliphatic rings. The number of nitrogens with zero attached hydrogens (tertiary/aromatic N) is 2. The van der Waals surface area contributed by atoms with E-state index in [1.807, 2.05) is 0 Å². The SMILES string of the molecule is O=[N+]([O-])c1ccc(F)c([N+](=O)[O-])c1I. The number of benzene rings is 1. The average molecular weight is 312 g/mol. The summed E-state index contributed by atoms with van der Waals surface area (Å²) < 4.78 is 12.6. The molecule has 0 heterocycles. The number of hydrogen-bond acceptors (Lipinski definition) is 4. The maximum Gasteiger partial charge on any atom is 0.324 e. The second kappa shape index (κ2) is 3.82. The molecule has 6 nitrogen and oxygen atoms in total. The summed E-state index contributed by atoms with van der Waals surface area (Å²) in [7, 11) is 0. The fourth-order valence-corrected chi connectivity index (χ4v) is 1.67. The normalized spacial score (nSPS) is 9.86. The first-order valence-corrected chi connectivity index (χ1v) is 4.29. The second-order valence-corrected chi connectivity index (χ2v) is 3.32. The average Bonchev–Trinajstić information content (AvgIpc) is 2.02. The van der Waals surface area contributed by atoms with E-state index in [4.69, 9.17) is 0 Å². The Kier molecular flexibility index (Phi) is 2.93. The van der Waals surface area contributed by atoms with Crippen LogP contribution in [-0.2, 0) is 0 Å². The first-order chi connectivity index (χ1) is 6.45. The molecule has 0 unspecified atom stereocenters. The highest BCUT2D eigenvalue weighted by molar-refractivity contribution is 14.1. The van der Waals surface area contributed by atoms with Gasteiger partial charge in [-0.2, -0.15) is 4.39 Å². The molecule has 0 saturated carbocycles. The Bertz CT molecular complexity index is 423. The van der Waals surface area contributed by atoms with E-state index in [-0.39, 0.29) is 3.57 Å². The van der Waals surface area contributed by atoms with Gasteiger partial charge in [-0.15, -0.1) is 0 Å². The zero-order valence-electron chi connectivity index (χ0n) is 6.44. The molecule has 0 bridgehead atoms. The Morgan fingerprint density at radius 1 is 1.21 bits per heavy atom. The van der Waals surface area contributed by atoms with E-state index in [9.17, 15) is 24.6 Å². The molecule has 0 N–H and O–H groups in total. The van der Waals surface area contributed by atoms with Crippen LogP contribution < -0.4 is 0 Å². The van der Waals surface area contributed by atoms with Gasteiger partial charge in [-0.05, 0) is 28.7 Å². The van der Waals surface area contributed by atoms with Crippen molar-refractivity contribution in [3.8, 4) is 0 Å². The van der Waals surface area contributed by atoms with Gasteiger partial charge in [-0.25, -0.2) is 0 Å². The largest absolute Gasteiger partial charge is 0.324 e. The van der Waals surface area contributed by atoms with Gasteiger partial charge in [-0.1, -0.05) is 0 Å². The molecule has 0 aromatic heterocycles. The molecular weight excluding hydrogens is 310 g/mol. The quantitative estimate of drug-likeness (QED) is 0.476. The number of nitro groups is 2. The summed E-state index contributed by atoms with van der Waals surface area (Å²) >= 11 is 1.37. The third-order valence-corrected chi connectivity index (χ3v) is 2.49. The minimum absolute atomic E-state index is 0.308. The summed E-state index contributed by atoms with van der Waals surface area (Å²) in [5, 5.41) is 20.7. The van der Waals surface area contributed by atoms with E-state index in [0.29, 0.717) is 6.07 Å². The van der Waals surface area contributed by atoms with Crippen LogP contribution in [-0.4, -0.2) is 9.85 Å². The second-order valence-electron chi connectivity index (χ2n) is 2.24. The molecular formula is C6H2FIN2O4. The third-order valence-electron chi connectivity index (χ3n) is 1.43. The Morgan fingerprint density at radius 3 is 2.21 bits per heavy atom. The fraction of sp³-hybridized carbons (Fsp3) is 0. The molecule has 0 spiro atoms. The van der Waals surface area contributed by atoms with Crippen molar-refractivity contribution in [2.45, 2.75) is 0 Å². The van der Waals surface area contributed by atoms with Crippen molar-refractivity contribution in [2.24, 2.45) is 0 Å². The van der Waals surface area contributed by atoms with E-state index in [2.05, 4.69) is 0 Å². The monoisotopic (exact) mass is 312 g/mol. The van der Waals surface area contributed by atoms with Crippen molar-refractivity contribution >= 4 is 34.0 Å². The highest BCUT2D eigenvalue weighted by Gasteiger charge is 2.27. The molecule has 0 radical (unpaired) electrons. The van der Waals surface area contributed by atoms with Crippen molar-refractivity contribution in [2.75, 3.05) is 0 Å². The summed E-state index contributed by atoms with van der Waals surface area (Å²) in [6.45, 7) is 0. The lowest BCUT2D eigenvalue weighted by molar-refractivity contribution is -0.397. The van der Waals surface area contributed by atoms with Crippen molar-refractivity contribution in [1.82, 2.24) is 0 Å². The molecule has 0 aliphatic heterocycles. The number of hydrogen-bond donors (Lipinski definition) is 0. The lowest BCUT2D eigenvalue weighted by Crippen LogP contribution is -1.99. The van der Waals surface area contributed by atoms with E-state index in [1.165, 1.54) is 22.6 Å². The van der Waals surface area contributed by atoms with Crippen LogP contribution in [0.2, 0.25) is 0 Å². The van der Waals surface area contributed by atoms with Gasteiger partial charge >= 0.3 is 5.69 Å². The summed E-state index contributed by atoms with van der Waals surface area (Å²) in [5.41, 5.74) is -1.33. The Morgan fingerprint density at radius 2 is 1.79 bits per heavy atom. The van der Waals surface area contributed by atoms with Gasteiger partial charge in [0, 0.05) is 6.07 Å². The van der Waals surface area contributed by atoms with E-state index >= 15 is 0 Å². The van der Waals surface area contributed by atoms with Crippen LogP contribution in [0, 0.1) is 29.6 Å². The van der Waals surface area contributed by atoms with Crippen molar-refractivity contribution in [3.05, 3.63) is 41.7 Å². The van der Waals surface area contributed by atoms with Gasteiger partial charge in [0.15, 0.2) is 3.57 Å². The standard InChI is InChI=1S/C6H2FIN2O4/c7-3-1-2-4(9(11)12)5(8)6(3)10(13)14/h1-2H. The topological polar surface area (TPSA) is 86.3 Å². The highest BCUT2D eigenvalue weighted by atomic mass is 127. The molecule has 74 valence electrons. The molecule has 0 fully saturated rings. The number of rotatable bonds is 2. The van der Waals surface area contributed by atoms with Crippen LogP contribution >= 0.6 is 22.6 Å². The number of nitro benzene ring substituents is 2. The zero-order valence-corrected chi connectivity index (χ0v) is 8.60. The van der Waals surface area contributed by atoms with Crippen LogP contribution in [0.5, 0.6) is 0 Å². The van der Waals surface area contributed by atoms with E-state index < -0.39 is 27.0 Å². The van der Waals surface area contributed by atoms with Crippen molar-refractivity contribution in [3.63, 3.8) is 0 Å². The minimum atomic E-state index is -1.08. The molecule has 1 aromatic rings. The maximum absolute atomic E-state index is 12.9. The predicted molar refractivity (Wildman–Crippen MR) is 52.4 cm³/mol. The molecule has 0 amide bonds. The summed E-state index contributed by atoms with van der Waals surface area (Å²) in [5.74, 6) is -1.08. The van der Waals surface area contributed by atoms with Gasteiger partial charge < -0.3 is 0 Å². The van der Waals surface area contributed by atoms with E-state index in [1.54, 1.807) is 0 Å². The van der Waals surface area contributed by atoms with Gasteiger partial charge in [0.05, 0.1) is 9.85 Å². The summed E-state index contributed by atoms with van der Waals surface area (Å²) in [6.07, 6.45) is 0.